The van der Waals surface area contributed by atoms with E-state index >= 15 is 0 Å². The minimum absolute atomic E-state index is 0.147. The number of halogens is 2. The molecule has 32 heavy (non-hydrogen) atoms. The molecule has 2 amide bonds. The number of aryl methyl sites for hydroxylation is 1. The van der Waals surface area contributed by atoms with Gasteiger partial charge in [-0.2, -0.15) is 0 Å². The van der Waals surface area contributed by atoms with Crippen molar-refractivity contribution in [3.8, 4) is 5.75 Å². The van der Waals surface area contributed by atoms with Crippen LogP contribution < -0.4 is 10.1 Å². The Hall–Kier alpha value is -2.24. The van der Waals surface area contributed by atoms with E-state index in [-0.39, 0.29) is 24.8 Å². The summed E-state index contributed by atoms with van der Waals surface area (Å²) in [6.07, 6.45) is 2.65. The first-order chi connectivity index (χ1) is 15.3. The van der Waals surface area contributed by atoms with Crippen molar-refractivity contribution in [2.75, 3.05) is 13.2 Å². The van der Waals surface area contributed by atoms with Crippen molar-refractivity contribution in [3.63, 3.8) is 0 Å². The lowest BCUT2D eigenvalue weighted by molar-refractivity contribution is -0.140. The van der Waals surface area contributed by atoms with Gasteiger partial charge in [0.1, 0.15) is 11.8 Å². The molecule has 0 heterocycles. The summed E-state index contributed by atoms with van der Waals surface area (Å²) in [6, 6.07) is 12.3. The van der Waals surface area contributed by atoms with Crippen LogP contribution in [0.4, 0.5) is 0 Å². The quantitative estimate of drug-likeness (QED) is 0.392. The third kappa shape index (κ3) is 8.03. The van der Waals surface area contributed by atoms with Crippen molar-refractivity contribution in [1.29, 1.82) is 0 Å². The second-order valence-corrected chi connectivity index (χ2v) is 8.62. The van der Waals surface area contributed by atoms with Gasteiger partial charge in [0, 0.05) is 35.1 Å². The zero-order chi connectivity index (χ0) is 23.5. The van der Waals surface area contributed by atoms with Crippen molar-refractivity contribution < 1.29 is 14.3 Å². The molecule has 0 fully saturated rings. The summed E-state index contributed by atoms with van der Waals surface area (Å²) >= 11 is 12.7. The number of carbonyl (C=O) groups is 2. The fourth-order valence-electron chi connectivity index (χ4n) is 3.16. The number of unbranched alkanes of at least 4 members (excludes halogenated alkanes) is 1. The second-order valence-electron chi connectivity index (χ2n) is 7.81. The molecule has 0 bridgehead atoms. The number of amides is 2. The molecule has 0 aliphatic rings. The van der Waals surface area contributed by atoms with Crippen LogP contribution in [0.1, 0.15) is 50.7 Å². The van der Waals surface area contributed by atoms with Gasteiger partial charge in [-0.25, -0.2) is 0 Å². The minimum atomic E-state index is -0.648. The van der Waals surface area contributed by atoms with Crippen LogP contribution in [-0.2, 0) is 16.1 Å². The van der Waals surface area contributed by atoms with Gasteiger partial charge in [-0.1, -0.05) is 60.3 Å². The van der Waals surface area contributed by atoms with Crippen molar-refractivity contribution in [2.24, 2.45) is 0 Å². The van der Waals surface area contributed by atoms with Crippen molar-refractivity contribution in [1.82, 2.24) is 10.2 Å². The zero-order valence-corrected chi connectivity index (χ0v) is 20.5. The number of nitrogens with one attached hydrogen (secondary N) is 1. The lowest BCUT2D eigenvalue weighted by Gasteiger charge is -2.29. The number of rotatable bonds is 12. The van der Waals surface area contributed by atoms with Crippen LogP contribution >= 0.6 is 23.2 Å². The SMILES string of the molecule is CCCCNC(=O)[C@@H](C)N(Cc1c(Cl)cccc1Cl)C(=O)CCCOc1ccc(C)cc1. The highest BCUT2D eigenvalue weighted by molar-refractivity contribution is 6.36. The van der Waals surface area contributed by atoms with E-state index in [0.717, 1.165) is 24.2 Å². The van der Waals surface area contributed by atoms with Gasteiger partial charge in [0.15, 0.2) is 0 Å². The molecule has 174 valence electrons. The highest BCUT2D eigenvalue weighted by Crippen LogP contribution is 2.27. The lowest BCUT2D eigenvalue weighted by Crippen LogP contribution is -2.47. The van der Waals surface area contributed by atoms with Gasteiger partial charge in [-0.15, -0.1) is 0 Å². The monoisotopic (exact) mass is 478 g/mol. The van der Waals surface area contributed by atoms with Gasteiger partial charge in [-0.05, 0) is 51.0 Å². The fourth-order valence-corrected chi connectivity index (χ4v) is 3.68. The molecule has 2 aromatic carbocycles. The number of hydrogen-bond acceptors (Lipinski definition) is 3. The van der Waals surface area contributed by atoms with E-state index in [1.165, 1.54) is 0 Å². The molecule has 0 aromatic heterocycles. The molecule has 0 aliphatic heterocycles. The van der Waals surface area contributed by atoms with Gasteiger partial charge in [0.2, 0.25) is 11.8 Å². The lowest BCUT2D eigenvalue weighted by atomic mass is 10.1. The Bertz CT molecular complexity index is 867. The zero-order valence-electron chi connectivity index (χ0n) is 19.0. The molecule has 0 saturated heterocycles. The molecule has 0 unspecified atom stereocenters. The van der Waals surface area contributed by atoms with Crippen LogP contribution in [0.15, 0.2) is 42.5 Å². The molecule has 1 N–H and O–H groups in total. The minimum Gasteiger partial charge on any atom is -0.494 e. The Balaban J connectivity index is 2.03. The second kappa shape index (κ2) is 13.3. The first-order valence-electron chi connectivity index (χ1n) is 11.0. The van der Waals surface area contributed by atoms with E-state index in [4.69, 9.17) is 27.9 Å². The molecule has 0 saturated carbocycles. The normalized spacial score (nSPS) is 11.7. The van der Waals surface area contributed by atoms with E-state index in [1.807, 2.05) is 31.2 Å². The summed E-state index contributed by atoms with van der Waals surface area (Å²) < 4.78 is 5.73. The predicted molar refractivity (Wildman–Crippen MR) is 130 cm³/mol. The van der Waals surface area contributed by atoms with Crippen LogP contribution in [0, 0.1) is 6.92 Å². The van der Waals surface area contributed by atoms with Crippen LogP contribution in [0.2, 0.25) is 10.0 Å². The third-order valence-corrected chi connectivity index (χ3v) is 5.92. The summed E-state index contributed by atoms with van der Waals surface area (Å²) in [4.78, 5) is 27.3. The number of nitrogens with zero attached hydrogens (tertiary/aromatic N) is 1. The highest BCUT2D eigenvalue weighted by atomic mass is 35.5. The molecule has 5 nitrogen and oxygen atoms in total. The van der Waals surface area contributed by atoms with Gasteiger partial charge >= 0.3 is 0 Å². The Morgan fingerprint density at radius 1 is 1.06 bits per heavy atom. The Kier molecular flexibility index (Phi) is 10.8. The standard InChI is InChI=1S/C25H32Cl2N2O3/c1-4-5-15-28-25(31)19(3)29(17-21-22(26)8-6-9-23(21)27)24(30)10-7-16-32-20-13-11-18(2)12-14-20/h6,8-9,11-14,19H,4-5,7,10,15-17H2,1-3H3,(H,28,31)/t19-/m1/s1. The summed E-state index contributed by atoms with van der Waals surface area (Å²) in [5, 5.41) is 3.84. The Morgan fingerprint density at radius 2 is 1.72 bits per heavy atom. The maximum atomic E-state index is 13.1. The van der Waals surface area contributed by atoms with Crippen molar-refractivity contribution >= 4 is 35.0 Å². The van der Waals surface area contributed by atoms with Crippen LogP contribution in [0.25, 0.3) is 0 Å². The molecule has 2 aromatic rings. The maximum Gasteiger partial charge on any atom is 0.242 e. The molecular formula is C25H32Cl2N2O3. The molecule has 0 aliphatic carbocycles. The molecule has 0 radical (unpaired) electrons. The van der Waals surface area contributed by atoms with Gasteiger partial charge in [-0.3, -0.25) is 9.59 Å². The van der Waals surface area contributed by atoms with E-state index < -0.39 is 6.04 Å². The average molecular weight is 479 g/mol. The largest absolute Gasteiger partial charge is 0.494 e. The van der Waals surface area contributed by atoms with Crippen molar-refractivity contribution in [3.05, 3.63) is 63.6 Å². The Morgan fingerprint density at radius 3 is 2.34 bits per heavy atom. The average Bonchev–Trinajstić information content (AvgIpc) is 2.77. The molecule has 0 spiro atoms. The molecular weight excluding hydrogens is 447 g/mol. The summed E-state index contributed by atoms with van der Waals surface area (Å²) in [5.74, 6) is 0.434. The molecule has 7 heteroatoms. The number of hydrogen-bond donors (Lipinski definition) is 1. The highest BCUT2D eigenvalue weighted by Gasteiger charge is 2.27. The molecule has 1 atom stereocenters. The summed E-state index contributed by atoms with van der Waals surface area (Å²) in [7, 11) is 0. The predicted octanol–water partition coefficient (Wildman–Crippen LogP) is 5.79. The first kappa shape index (κ1) is 26.0. The smallest absolute Gasteiger partial charge is 0.242 e. The maximum absolute atomic E-state index is 13.1. The third-order valence-electron chi connectivity index (χ3n) is 5.21. The van der Waals surface area contributed by atoms with Crippen LogP contribution in [0.5, 0.6) is 5.75 Å². The molecule has 2 rings (SSSR count). The van der Waals surface area contributed by atoms with Gasteiger partial charge in [0.25, 0.3) is 0 Å². The van der Waals surface area contributed by atoms with E-state index in [0.29, 0.717) is 35.2 Å². The van der Waals surface area contributed by atoms with E-state index in [2.05, 4.69) is 12.2 Å². The number of carbonyl (C=O) groups excluding carboxylic acids is 2. The summed E-state index contributed by atoms with van der Waals surface area (Å²) in [6.45, 7) is 6.96. The van der Waals surface area contributed by atoms with Gasteiger partial charge < -0.3 is 15.0 Å². The van der Waals surface area contributed by atoms with Crippen LogP contribution in [-0.4, -0.2) is 35.9 Å². The number of ether oxygens (including phenoxy) is 1. The summed E-state index contributed by atoms with van der Waals surface area (Å²) in [5.41, 5.74) is 1.79. The van der Waals surface area contributed by atoms with E-state index in [1.54, 1.807) is 30.0 Å². The first-order valence-corrected chi connectivity index (χ1v) is 11.8. The fraction of sp³-hybridized carbons (Fsp3) is 0.440. The topological polar surface area (TPSA) is 58.6 Å². The van der Waals surface area contributed by atoms with Crippen molar-refractivity contribution in [2.45, 2.75) is 59.0 Å². The Labute approximate surface area is 201 Å². The van der Waals surface area contributed by atoms with Gasteiger partial charge in [0.05, 0.1) is 6.61 Å². The van der Waals surface area contributed by atoms with Crippen LogP contribution in [0.3, 0.4) is 0 Å². The number of benzene rings is 2. The van der Waals surface area contributed by atoms with E-state index in [9.17, 15) is 9.59 Å².